The van der Waals surface area contributed by atoms with E-state index in [2.05, 4.69) is 5.32 Å². The molecule has 3 nitrogen and oxygen atoms in total. The zero-order chi connectivity index (χ0) is 14.8. The Morgan fingerprint density at radius 3 is 2.30 bits per heavy atom. The van der Waals surface area contributed by atoms with Gasteiger partial charge in [-0.25, -0.2) is 4.39 Å². The van der Waals surface area contributed by atoms with E-state index in [4.69, 9.17) is 0 Å². The molecular weight excluding hydrogens is 257 g/mol. The summed E-state index contributed by atoms with van der Waals surface area (Å²) in [6.07, 6.45) is 0. The summed E-state index contributed by atoms with van der Waals surface area (Å²) >= 11 is 0. The minimum absolute atomic E-state index is 0.0925. The SMILES string of the molecule is CC(C)(NC(=O)c1ccc(O)cc1)c1ccccc1F. The first kappa shape index (κ1) is 14.1. The molecule has 0 aliphatic heterocycles. The van der Waals surface area contributed by atoms with Crippen LogP contribution in [0.4, 0.5) is 4.39 Å². The minimum Gasteiger partial charge on any atom is -0.508 e. The van der Waals surface area contributed by atoms with Gasteiger partial charge in [0.2, 0.25) is 0 Å². The van der Waals surface area contributed by atoms with E-state index in [-0.39, 0.29) is 17.5 Å². The van der Waals surface area contributed by atoms with E-state index in [9.17, 15) is 14.3 Å². The Kier molecular flexibility index (Phi) is 3.74. The van der Waals surface area contributed by atoms with Crippen molar-refractivity contribution in [3.63, 3.8) is 0 Å². The van der Waals surface area contributed by atoms with Gasteiger partial charge in [0.1, 0.15) is 11.6 Å². The lowest BCUT2D eigenvalue weighted by molar-refractivity contribution is 0.0911. The van der Waals surface area contributed by atoms with Gasteiger partial charge < -0.3 is 10.4 Å². The Labute approximate surface area is 117 Å². The summed E-state index contributed by atoms with van der Waals surface area (Å²) in [4.78, 5) is 12.1. The lowest BCUT2D eigenvalue weighted by Gasteiger charge is -2.27. The number of nitrogens with one attached hydrogen (secondary N) is 1. The molecule has 0 aliphatic carbocycles. The molecule has 0 aromatic heterocycles. The predicted molar refractivity (Wildman–Crippen MR) is 75.0 cm³/mol. The fourth-order valence-electron chi connectivity index (χ4n) is 2.00. The van der Waals surface area contributed by atoms with Crippen LogP contribution in [0.5, 0.6) is 5.75 Å². The molecule has 4 heteroatoms. The van der Waals surface area contributed by atoms with Crippen molar-refractivity contribution in [2.24, 2.45) is 0 Å². The Morgan fingerprint density at radius 1 is 1.10 bits per heavy atom. The number of carbonyl (C=O) groups excluding carboxylic acids is 1. The average Bonchev–Trinajstić information content (AvgIpc) is 2.39. The van der Waals surface area contributed by atoms with E-state index in [0.717, 1.165) is 0 Å². The van der Waals surface area contributed by atoms with E-state index in [1.807, 2.05) is 0 Å². The number of hydrogen-bond acceptors (Lipinski definition) is 2. The molecule has 2 N–H and O–H groups in total. The average molecular weight is 273 g/mol. The second kappa shape index (κ2) is 5.33. The first-order valence-electron chi connectivity index (χ1n) is 6.27. The zero-order valence-corrected chi connectivity index (χ0v) is 11.4. The lowest BCUT2D eigenvalue weighted by atomic mass is 9.93. The normalized spacial score (nSPS) is 11.2. The number of hydrogen-bond donors (Lipinski definition) is 2. The highest BCUT2D eigenvalue weighted by Gasteiger charge is 2.26. The van der Waals surface area contributed by atoms with Crippen LogP contribution < -0.4 is 5.32 Å². The number of rotatable bonds is 3. The van der Waals surface area contributed by atoms with Gasteiger partial charge in [-0.05, 0) is 44.2 Å². The standard InChI is InChI=1S/C16H16FNO2/c1-16(2,13-5-3-4-6-14(13)17)18-15(20)11-7-9-12(19)10-8-11/h3-10,19H,1-2H3,(H,18,20). The Hall–Kier alpha value is -2.36. The Balaban J connectivity index is 2.22. The van der Waals surface area contributed by atoms with Gasteiger partial charge in [-0.1, -0.05) is 18.2 Å². The number of halogens is 1. The molecule has 0 heterocycles. The van der Waals surface area contributed by atoms with Crippen LogP contribution >= 0.6 is 0 Å². The largest absolute Gasteiger partial charge is 0.508 e. The molecule has 2 aromatic carbocycles. The topological polar surface area (TPSA) is 49.3 Å². The van der Waals surface area contributed by atoms with Crippen LogP contribution in [0.3, 0.4) is 0 Å². The number of phenols is 1. The maximum absolute atomic E-state index is 13.8. The van der Waals surface area contributed by atoms with Crippen LogP contribution in [0.15, 0.2) is 48.5 Å². The van der Waals surface area contributed by atoms with Crippen LogP contribution in [0.2, 0.25) is 0 Å². The first-order valence-corrected chi connectivity index (χ1v) is 6.27. The third-order valence-corrected chi connectivity index (χ3v) is 3.10. The molecular formula is C16H16FNO2. The molecule has 0 aliphatic rings. The number of benzene rings is 2. The molecule has 0 unspecified atom stereocenters. The van der Waals surface area contributed by atoms with Gasteiger partial charge in [-0.2, -0.15) is 0 Å². The van der Waals surface area contributed by atoms with Gasteiger partial charge in [0.25, 0.3) is 5.91 Å². The van der Waals surface area contributed by atoms with Crippen molar-refractivity contribution in [3.05, 3.63) is 65.5 Å². The smallest absolute Gasteiger partial charge is 0.251 e. The highest BCUT2D eigenvalue weighted by atomic mass is 19.1. The van der Waals surface area contributed by atoms with Crippen molar-refractivity contribution in [1.82, 2.24) is 5.32 Å². The highest BCUT2D eigenvalue weighted by Crippen LogP contribution is 2.23. The van der Waals surface area contributed by atoms with Gasteiger partial charge in [0, 0.05) is 11.1 Å². The van der Waals surface area contributed by atoms with Crippen molar-refractivity contribution in [1.29, 1.82) is 0 Å². The second-order valence-electron chi connectivity index (χ2n) is 5.11. The van der Waals surface area contributed by atoms with Crippen molar-refractivity contribution in [2.45, 2.75) is 19.4 Å². The molecule has 2 aromatic rings. The Morgan fingerprint density at radius 2 is 1.70 bits per heavy atom. The maximum Gasteiger partial charge on any atom is 0.251 e. The molecule has 2 rings (SSSR count). The van der Waals surface area contributed by atoms with Crippen LogP contribution in [-0.4, -0.2) is 11.0 Å². The monoisotopic (exact) mass is 273 g/mol. The zero-order valence-electron chi connectivity index (χ0n) is 11.4. The molecule has 0 fully saturated rings. The molecule has 104 valence electrons. The van der Waals surface area contributed by atoms with Crippen LogP contribution in [0, 0.1) is 5.82 Å². The number of carbonyl (C=O) groups is 1. The third kappa shape index (κ3) is 2.96. The van der Waals surface area contributed by atoms with E-state index >= 15 is 0 Å². The van der Waals surface area contributed by atoms with E-state index in [1.54, 1.807) is 32.0 Å². The number of phenolic OH excluding ortho intramolecular Hbond substituents is 1. The summed E-state index contributed by atoms with van der Waals surface area (Å²) < 4.78 is 13.8. The summed E-state index contributed by atoms with van der Waals surface area (Å²) in [7, 11) is 0. The molecule has 0 bridgehead atoms. The molecule has 0 atom stereocenters. The van der Waals surface area contributed by atoms with Crippen molar-refractivity contribution in [2.75, 3.05) is 0 Å². The minimum atomic E-state index is -0.833. The van der Waals surface area contributed by atoms with Crippen molar-refractivity contribution >= 4 is 5.91 Å². The first-order chi connectivity index (χ1) is 9.40. The van der Waals surface area contributed by atoms with Crippen molar-refractivity contribution in [3.8, 4) is 5.75 Å². The van der Waals surface area contributed by atoms with Gasteiger partial charge >= 0.3 is 0 Å². The van der Waals surface area contributed by atoms with Gasteiger partial charge in [-0.3, -0.25) is 4.79 Å². The fraction of sp³-hybridized carbons (Fsp3) is 0.188. The van der Waals surface area contributed by atoms with Gasteiger partial charge in [-0.15, -0.1) is 0 Å². The molecule has 1 amide bonds. The fourth-order valence-corrected chi connectivity index (χ4v) is 2.00. The predicted octanol–water partition coefficient (Wildman–Crippen LogP) is 3.20. The molecule has 0 saturated carbocycles. The molecule has 0 spiro atoms. The Bertz CT molecular complexity index is 621. The second-order valence-corrected chi connectivity index (χ2v) is 5.11. The molecule has 0 saturated heterocycles. The summed E-state index contributed by atoms with van der Waals surface area (Å²) in [5.41, 5.74) is -0.000298. The molecule has 20 heavy (non-hydrogen) atoms. The van der Waals surface area contributed by atoms with Gasteiger partial charge in [0.05, 0.1) is 5.54 Å². The van der Waals surface area contributed by atoms with E-state index in [0.29, 0.717) is 11.1 Å². The quantitative estimate of drug-likeness (QED) is 0.902. The summed E-state index contributed by atoms with van der Waals surface area (Å²) in [5.74, 6) is -0.586. The maximum atomic E-state index is 13.8. The van der Waals surface area contributed by atoms with Crippen molar-refractivity contribution < 1.29 is 14.3 Å². The van der Waals surface area contributed by atoms with Crippen LogP contribution in [-0.2, 0) is 5.54 Å². The highest BCUT2D eigenvalue weighted by molar-refractivity contribution is 5.94. The summed E-state index contributed by atoms with van der Waals surface area (Å²) in [5, 5.41) is 12.0. The third-order valence-electron chi connectivity index (χ3n) is 3.10. The summed E-state index contributed by atoms with van der Waals surface area (Å²) in [6.45, 7) is 3.48. The number of amides is 1. The van der Waals surface area contributed by atoms with E-state index < -0.39 is 5.54 Å². The van der Waals surface area contributed by atoms with E-state index in [1.165, 1.54) is 30.3 Å². The van der Waals surface area contributed by atoms with Crippen LogP contribution in [0.25, 0.3) is 0 Å². The van der Waals surface area contributed by atoms with Crippen LogP contribution in [0.1, 0.15) is 29.8 Å². The molecule has 0 radical (unpaired) electrons. The van der Waals surface area contributed by atoms with Gasteiger partial charge in [0.15, 0.2) is 0 Å². The number of aromatic hydroxyl groups is 1. The lowest BCUT2D eigenvalue weighted by Crippen LogP contribution is -2.41. The summed E-state index contributed by atoms with van der Waals surface area (Å²) in [6, 6.07) is 12.3.